The van der Waals surface area contributed by atoms with Gasteiger partial charge in [-0.25, -0.2) is 13.8 Å². The lowest BCUT2D eigenvalue weighted by Crippen LogP contribution is -2.27. The fourth-order valence-electron chi connectivity index (χ4n) is 2.85. The zero-order valence-electron chi connectivity index (χ0n) is 14.7. The number of carbonyl (C=O) groups excluding carboxylic acids is 1. The van der Waals surface area contributed by atoms with Gasteiger partial charge in [-0.05, 0) is 35.9 Å². The Morgan fingerprint density at radius 1 is 1.17 bits per heavy atom. The van der Waals surface area contributed by atoms with Crippen molar-refractivity contribution in [3.63, 3.8) is 0 Å². The van der Waals surface area contributed by atoms with Gasteiger partial charge in [-0.1, -0.05) is 23.7 Å². The van der Waals surface area contributed by atoms with Crippen molar-refractivity contribution in [2.24, 2.45) is 0 Å². The maximum atomic E-state index is 13.2. The smallest absolute Gasteiger partial charge is 0.263 e. The number of nitrogens with one attached hydrogen (secondary N) is 1. The first-order valence-electron chi connectivity index (χ1n) is 8.40. The van der Waals surface area contributed by atoms with Crippen molar-refractivity contribution in [3.8, 4) is 11.1 Å². The molecule has 0 aliphatic rings. The summed E-state index contributed by atoms with van der Waals surface area (Å²) < 4.78 is 27.6. The Kier molecular flexibility index (Phi) is 5.12. The first-order chi connectivity index (χ1) is 13.9. The maximum absolute atomic E-state index is 13.2. The van der Waals surface area contributed by atoms with Crippen molar-refractivity contribution in [3.05, 3.63) is 81.2 Å². The van der Waals surface area contributed by atoms with E-state index in [1.165, 1.54) is 46.5 Å². The number of nitrogens with zero attached hydrogens (tertiary/aromatic N) is 2. The van der Waals surface area contributed by atoms with Crippen LogP contribution < -0.4 is 10.9 Å². The predicted octanol–water partition coefficient (Wildman–Crippen LogP) is 4.70. The molecule has 0 unspecified atom stereocenters. The minimum absolute atomic E-state index is 0.120. The number of thiophene rings is 1. The molecular weight excluding hydrogens is 420 g/mol. The van der Waals surface area contributed by atoms with E-state index in [-0.39, 0.29) is 22.9 Å². The Labute approximate surface area is 172 Å². The van der Waals surface area contributed by atoms with Gasteiger partial charge < -0.3 is 5.32 Å². The second-order valence-electron chi connectivity index (χ2n) is 6.19. The molecule has 2 heterocycles. The zero-order valence-corrected chi connectivity index (χ0v) is 16.2. The molecule has 0 aliphatic carbocycles. The summed E-state index contributed by atoms with van der Waals surface area (Å²) >= 11 is 7.00. The summed E-state index contributed by atoms with van der Waals surface area (Å²) in [4.78, 5) is 30.0. The molecule has 0 atom stereocenters. The van der Waals surface area contributed by atoms with Crippen molar-refractivity contribution in [1.82, 2.24) is 9.55 Å². The molecule has 4 aromatic rings. The van der Waals surface area contributed by atoms with Crippen LogP contribution in [0, 0.1) is 11.6 Å². The van der Waals surface area contributed by atoms with E-state index in [1.54, 1.807) is 17.5 Å². The lowest BCUT2D eigenvalue weighted by atomic mass is 10.1. The van der Waals surface area contributed by atoms with Crippen LogP contribution >= 0.6 is 22.9 Å². The van der Waals surface area contributed by atoms with E-state index in [4.69, 9.17) is 11.6 Å². The lowest BCUT2D eigenvalue weighted by Gasteiger charge is -2.08. The Hall–Kier alpha value is -3.10. The van der Waals surface area contributed by atoms with Crippen molar-refractivity contribution in [2.75, 3.05) is 5.32 Å². The van der Waals surface area contributed by atoms with E-state index in [1.807, 2.05) is 0 Å². The summed E-state index contributed by atoms with van der Waals surface area (Å²) in [6.07, 6.45) is 1.30. The van der Waals surface area contributed by atoms with Gasteiger partial charge in [0.05, 0.1) is 16.7 Å². The number of halogens is 3. The first kappa shape index (κ1) is 19.2. The number of aromatic nitrogens is 2. The number of anilines is 1. The van der Waals surface area contributed by atoms with Crippen molar-refractivity contribution >= 4 is 44.7 Å². The van der Waals surface area contributed by atoms with Gasteiger partial charge in [0.25, 0.3) is 5.56 Å². The van der Waals surface area contributed by atoms with Crippen LogP contribution in [-0.2, 0) is 11.3 Å². The molecule has 0 saturated heterocycles. The van der Waals surface area contributed by atoms with Gasteiger partial charge in [-0.15, -0.1) is 11.3 Å². The molecule has 0 radical (unpaired) electrons. The van der Waals surface area contributed by atoms with Crippen molar-refractivity contribution in [2.45, 2.75) is 6.54 Å². The number of amides is 1. The molecule has 0 bridgehead atoms. The van der Waals surface area contributed by atoms with Crippen LogP contribution in [0.15, 0.2) is 59.0 Å². The van der Waals surface area contributed by atoms with Crippen LogP contribution in [0.1, 0.15) is 0 Å². The molecule has 2 aromatic heterocycles. The zero-order chi connectivity index (χ0) is 20.5. The summed E-state index contributed by atoms with van der Waals surface area (Å²) in [5.74, 6) is -1.46. The minimum atomic E-state index is -0.596. The van der Waals surface area contributed by atoms with Gasteiger partial charge in [0, 0.05) is 16.6 Å². The quantitative estimate of drug-likeness (QED) is 0.509. The van der Waals surface area contributed by atoms with Crippen LogP contribution in [0.25, 0.3) is 21.3 Å². The van der Waals surface area contributed by atoms with Gasteiger partial charge >= 0.3 is 0 Å². The minimum Gasteiger partial charge on any atom is -0.324 e. The molecule has 0 aliphatic heterocycles. The fourth-order valence-corrected chi connectivity index (χ4v) is 3.94. The van der Waals surface area contributed by atoms with Crippen LogP contribution in [0.3, 0.4) is 0 Å². The Bertz CT molecular complexity index is 1290. The summed E-state index contributed by atoms with van der Waals surface area (Å²) in [6.45, 7) is -0.282. The number of benzene rings is 2. The highest BCUT2D eigenvalue weighted by Gasteiger charge is 2.15. The molecule has 4 rings (SSSR count). The molecule has 0 spiro atoms. The number of carbonyl (C=O) groups is 1. The Morgan fingerprint density at radius 3 is 2.66 bits per heavy atom. The number of hydrogen-bond donors (Lipinski definition) is 1. The van der Waals surface area contributed by atoms with E-state index in [0.29, 0.717) is 27.0 Å². The standard InChI is InChI=1S/C20H12ClF2N3O2S/c21-15-7-13(5-6-16(15)23)25-17(27)8-26-10-24-19-18(20(26)28)14(9-29-19)11-1-3-12(22)4-2-11/h1-7,9-10H,8H2,(H,25,27). The third kappa shape index (κ3) is 3.90. The third-order valence-electron chi connectivity index (χ3n) is 4.23. The molecule has 1 amide bonds. The van der Waals surface area contributed by atoms with Crippen LogP contribution in [-0.4, -0.2) is 15.5 Å². The van der Waals surface area contributed by atoms with Crippen LogP contribution in [0.4, 0.5) is 14.5 Å². The van der Waals surface area contributed by atoms with Crippen molar-refractivity contribution in [1.29, 1.82) is 0 Å². The highest BCUT2D eigenvalue weighted by Crippen LogP contribution is 2.30. The van der Waals surface area contributed by atoms with Crippen LogP contribution in [0.2, 0.25) is 5.02 Å². The average molecular weight is 432 g/mol. The number of hydrogen-bond acceptors (Lipinski definition) is 4. The highest BCUT2D eigenvalue weighted by atomic mass is 35.5. The van der Waals surface area contributed by atoms with E-state index in [0.717, 1.165) is 6.07 Å². The molecule has 1 N–H and O–H groups in total. The first-order valence-corrected chi connectivity index (χ1v) is 9.65. The van der Waals surface area contributed by atoms with Gasteiger partial charge in [-0.3, -0.25) is 14.2 Å². The summed E-state index contributed by atoms with van der Waals surface area (Å²) in [5, 5.41) is 4.58. The molecule has 0 fully saturated rings. The number of fused-ring (bicyclic) bond motifs is 1. The summed E-state index contributed by atoms with van der Waals surface area (Å²) in [5.41, 5.74) is 1.23. The molecule has 9 heteroatoms. The Morgan fingerprint density at radius 2 is 1.93 bits per heavy atom. The normalized spacial score (nSPS) is 11.0. The Balaban J connectivity index is 1.64. The molecule has 5 nitrogen and oxygen atoms in total. The van der Waals surface area contributed by atoms with Crippen LogP contribution in [0.5, 0.6) is 0 Å². The predicted molar refractivity (Wildman–Crippen MR) is 109 cm³/mol. The summed E-state index contributed by atoms with van der Waals surface area (Å²) in [7, 11) is 0. The fraction of sp³-hybridized carbons (Fsp3) is 0.0500. The van der Waals surface area contributed by atoms with Gasteiger partial charge in [0.2, 0.25) is 5.91 Å². The molecule has 146 valence electrons. The van der Waals surface area contributed by atoms with Gasteiger partial charge in [0.15, 0.2) is 0 Å². The van der Waals surface area contributed by atoms with E-state index >= 15 is 0 Å². The molecule has 29 heavy (non-hydrogen) atoms. The number of rotatable bonds is 4. The van der Waals surface area contributed by atoms with Gasteiger partial charge in [-0.2, -0.15) is 0 Å². The monoisotopic (exact) mass is 431 g/mol. The molecule has 0 saturated carbocycles. The molecule has 2 aromatic carbocycles. The topological polar surface area (TPSA) is 64.0 Å². The maximum Gasteiger partial charge on any atom is 0.263 e. The SMILES string of the molecule is O=C(Cn1cnc2scc(-c3ccc(F)cc3)c2c1=O)Nc1ccc(F)c(Cl)c1. The lowest BCUT2D eigenvalue weighted by molar-refractivity contribution is -0.116. The summed E-state index contributed by atoms with van der Waals surface area (Å²) in [6, 6.07) is 9.58. The molecular formula is C20H12ClF2N3O2S. The highest BCUT2D eigenvalue weighted by molar-refractivity contribution is 7.17. The van der Waals surface area contributed by atoms with E-state index in [9.17, 15) is 18.4 Å². The van der Waals surface area contributed by atoms with E-state index in [2.05, 4.69) is 10.3 Å². The third-order valence-corrected chi connectivity index (χ3v) is 5.41. The van der Waals surface area contributed by atoms with Crippen molar-refractivity contribution < 1.29 is 13.6 Å². The second-order valence-corrected chi connectivity index (χ2v) is 7.46. The average Bonchev–Trinajstić information content (AvgIpc) is 3.12. The second kappa shape index (κ2) is 7.73. The van der Waals surface area contributed by atoms with E-state index < -0.39 is 11.7 Å². The van der Waals surface area contributed by atoms with Gasteiger partial charge in [0.1, 0.15) is 23.0 Å². The largest absolute Gasteiger partial charge is 0.324 e.